The van der Waals surface area contributed by atoms with Crippen molar-refractivity contribution in [2.75, 3.05) is 0 Å². The van der Waals surface area contributed by atoms with Crippen LogP contribution in [0.2, 0.25) is 0 Å². The molecule has 4 aliphatic carbocycles. The van der Waals surface area contributed by atoms with E-state index in [1.165, 1.54) is 70.6 Å². The van der Waals surface area contributed by atoms with Gasteiger partial charge >= 0.3 is 0 Å². The van der Waals surface area contributed by atoms with Crippen LogP contribution in [0.4, 0.5) is 0 Å². The molecule has 1 heteroatoms. The lowest BCUT2D eigenvalue weighted by Gasteiger charge is -2.56. The van der Waals surface area contributed by atoms with Gasteiger partial charge in [-0.1, -0.05) is 40.0 Å². The highest BCUT2D eigenvalue weighted by molar-refractivity contribution is 5.05. The quantitative estimate of drug-likeness (QED) is 0.532. The molecule has 4 rings (SSSR count). The van der Waals surface area contributed by atoms with Crippen LogP contribution in [0, 0.1) is 46.8 Å². The molecule has 4 saturated carbocycles. The van der Waals surface area contributed by atoms with Gasteiger partial charge in [0.2, 0.25) is 0 Å². The van der Waals surface area contributed by atoms with Crippen molar-refractivity contribution in [3.05, 3.63) is 0 Å². The molecule has 4 fully saturated rings. The highest BCUT2D eigenvalue weighted by Gasteiger charge is 2.56. The second-order valence-electron chi connectivity index (χ2n) is 11.4. The maximum Gasteiger partial charge on any atom is 0.0543 e. The number of hydrogen-bond acceptors (Lipinski definition) is 1. The molecule has 0 heterocycles. The maximum atomic E-state index is 10.1. The minimum atomic E-state index is 0.0170. The van der Waals surface area contributed by atoms with E-state index in [1.807, 2.05) is 0 Å². The maximum absolute atomic E-state index is 10.1. The van der Waals surface area contributed by atoms with E-state index < -0.39 is 0 Å². The second-order valence-corrected chi connectivity index (χ2v) is 11.4. The average molecular weight is 361 g/mol. The van der Waals surface area contributed by atoms with Gasteiger partial charge in [-0.15, -0.1) is 0 Å². The Labute approximate surface area is 162 Å². The summed E-state index contributed by atoms with van der Waals surface area (Å²) in [5.41, 5.74) is 0.667. The summed E-state index contributed by atoms with van der Waals surface area (Å²) in [4.78, 5) is 0. The van der Waals surface area contributed by atoms with Crippen LogP contribution in [0.1, 0.15) is 104 Å². The molecule has 1 nitrogen and oxygen atoms in total. The molecule has 0 aromatic carbocycles. The highest BCUT2D eigenvalue weighted by Crippen LogP contribution is 2.64. The summed E-state index contributed by atoms with van der Waals surface area (Å²) in [6.07, 6.45) is 18.4. The van der Waals surface area contributed by atoms with Crippen LogP contribution in [0.3, 0.4) is 0 Å². The Hall–Kier alpha value is -0.0400. The van der Waals surface area contributed by atoms with Crippen molar-refractivity contribution in [1.29, 1.82) is 0 Å². The summed E-state index contributed by atoms with van der Waals surface area (Å²) < 4.78 is 0. The van der Waals surface area contributed by atoms with Crippen molar-refractivity contribution in [2.24, 2.45) is 46.8 Å². The summed E-state index contributed by atoms with van der Waals surface area (Å²) >= 11 is 0. The molecule has 0 aromatic rings. The fourth-order valence-corrected chi connectivity index (χ4v) is 8.35. The minimum Gasteiger partial charge on any atom is -0.393 e. The van der Waals surface area contributed by atoms with Gasteiger partial charge in [0.1, 0.15) is 0 Å². The van der Waals surface area contributed by atoms with Crippen LogP contribution in [-0.4, -0.2) is 11.2 Å². The van der Waals surface area contributed by atoms with Gasteiger partial charge in [-0.2, -0.15) is 0 Å². The number of aliphatic hydroxyl groups is 1. The molecule has 0 spiro atoms. The van der Waals surface area contributed by atoms with Gasteiger partial charge in [-0.25, -0.2) is 0 Å². The molecule has 0 amide bonds. The smallest absolute Gasteiger partial charge is 0.0543 e. The monoisotopic (exact) mass is 360 g/mol. The Kier molecular flexibility index (Phi) is 5.76. The van der Waals surface area contributed by atoms with E-state index in [-0.39, 0.29) is 6.10 Å². The van der Waals surface area contributed by atoms with Crippen molar-refractivity contribution < 1.29 is 5.11 Å². The molecule has 4 aliphatic rings. The summed E-state index contributed by atoms with van der Waals surface area (Å²) in [5.74, 6) is 6.80. The van der Waals surface area contributed by atoms with E-state index in [0.29, 0.717) is 5.41 Å². The van der Waals surface area contributed by atoms with Crippen molar-refractivity contribution in [1.82, 2.24) is 0 Å². The molecule has 8 unspecified atom stereocenters. The molecule has 0 aliphatic heterocycles. The summed E-state index contributed by atoms with van der Waals surface area (Å²) in [6, 6.07) is 0. The third-order valence-corrected chi connectivity index (χ3v) is 9.71. The third-order valence-electron chi connectivity index (χ3n) is 9.71. The zero-order chi connectivity index (χ0) is 18.3. The standard InChI is InChI=1S/C25H44O/c1-17(2)6-4-5-7-19-9-13-24-23-11-8-18-16-20(26)10-12-21(18)22(23)14-15-25(19,24)3/h17-24,26H,4-16H2,1-3H3. The SMILES string of the molecule is CC(C)CCCCC1CCC2C3CCC4CC(O)CCC4C3CCC12C. The normalized spacial score (nSPS) is 48.1. The van der Waals surface area contributed by atoms with Crippen LogP contribution in [0.15, 0.2) is 0 Å². The fourth-order valence-electron chi connectivity index (χ4n) is 8.35. The van der Waals surface area contributed by atoms with Crippen molar-refractivity contribution in [3.63, 3.8) is 0 Å². The van der Waals surface area contributed by atoms with Crippen molar-refractivity contribution in [3.8, 4) is 0 Å². The van der Waals surface area contributed by atoms with E-state index in [9.17, 15) is 5.11 Å². The van der Waals surface area contributed by atoms with Crippen LogP contribution < -0.4 is 0 Å². The molecular formula is C25H44O. The first kappa shape index (κ1) is 19.3. The minimum absolute atomic E-state index is 0.0170. The predicted octanol–water partition coefficient (Wildman–Crippen LogP) is 6.83. The topological polar surface area (TPSA) is 20.2 Å². The third kappa shape index (κ3) is 3.51. The zero-order valence-electron chi connectivity index (χ0n) is 17.8. The molecular weight excluding hydrogens is 316 g/mol. The Morgan fingerprint density at radius 1 is 0.885 bits per heavy atom. The van der Waals surface area contributed by atoms with E-state index in [1.54, 1.807) is 0 Å². The zero-order valence-corrected chi connectivity index (χ0v) is 17.8. The molecule has 1 N–H and O–H groups in total. The molecule has 8 atom stereocenters. The molecule has 26 heavy (non-hydrogen) atoms. The Bertz CT molecular complexity index is 471. The number of fused-ring (bicyclic) bond motifs is 5. The number of aliphatic hydroxyl groups excluding tert-OH is 1. The van der Waals surface area contributed by atoms with Crippen LogP contribution >= 0.6 is 0 Å². The van der Waals surface area contributed by atoms with Crippen LogP contribution in [0.5, 0.6) is 0 Å². The van der Waals surface area contributed by atoms with Crippen LogP contribution in [0.25, 0.3) is 0 Å². The van der Waals surface area contributed by atoms with Gasteiger partial charge in [0.05, 0.1) is 6.10 Å². The summed E-state index contributed by atoms with van der Waals surface area (Å²) in [6.45, 7) is 7.44. The molecule has 0 saturated heterocycles. The van der Waals surface area contributed by atoms with Gasteiger partial charge in [0.15, 0.2) is 0 Å². The van der Waals surface area contributed by atoms with Crippen molar-refractivity contribution >= 4 is 0 Å². The van der Waals surface area contributed by atoms with Gasteiger partial charge in [0.25, 0.3) is 0 Å². The lowest BCUT2D eigenvalue weighted by molar-refractivity contribution is -0.0778. The first-order valence-corrected chi connectivity index (χ1v) is 12.2. The number of rotatable bonds is 5. The first-order valence-electron chi connectivity index (χ1n) is 12.2. The van der Waals surface area contributed by atoms with Gasteiger partial charge < -0.3 is 5.11 Å². The Morgan fingerprint density at radius 2 is 1.69 bits per heavy atom. The van der Waals surface area contributed by atoms with E-state index in [4.69, 9.17) is 0 Å². The van der Waals surface area contributed by atoms with E-state index >= 15 is 0 Å². The van der Waals surface area contributed by atoms with Gasteiger partial charge in [-0.05, 0) is 111 Å². The van der Waals surface area contributed by atoms with Gasteiger partial charge in [0, 0.05) is 0 Å². The average Bonchev–Trinajstić information content (AvgIpc) is 2.94. The predicted molar refractivity (Wildman–Crippen MR) is 110 cm³/mol. The Balaban J connectivity index is 1.38. The van der Waals surface area contributed by atoms with Gasteiger partial charge in [-0.3, -0.25) is 0 Å². The molecule has 150 valence electrons. The van der Waals surface area contributed by atoms with E-state index in [0.717, 1.165) is 54.3 Å². The number of unbranched alkanes of at least 4 members (excludes halogenated alkanes) is 1. The summed E-state index contributed by atoms with van der Waals surface area (Å²) in [5, 5.41) is 10.1. The first-order chi connectivity index (χ1) is 12.5. The molecule has 0 radical (unpaired) electrons. The number of hydrogen-bond donors (Lipinski definition) is 1. The molecule has 0 aromatic heterocycles. The highest BCUT2D eigenvalue weighted by atomic mass is 16.3. The van der Waals surface area contributed by atoms with Crippen molar-refractivity contribution in [2.45, 2.75) is 110 Å². The largest absolute Gasteiger partial charge is 0.393 e. The Morgan fingerprint density at radius 3 is 2.50 bits per heavy atom. The second kappa shape index (κ2) is 7.76. The lowest BCUT2D eigenvalue weighted by atomic mass is 9.49. The lowest BCUT2D eigenvalue weighted by Crippen LogP contribution is -2.49. The van der Waals surface area contributed by atoms with E-state index in [2.05, 4.69) is 20.8 Å². The molecule has 0 bridgehead atoms. The fraction of sp³-hybridized carbons (Fsp3) is 1.00. The summed E-state index contributed by atoms with van der Waals surface area (Å²) in [7, 11) is 0. The van der Waals surface area contributed by atoms with Crippen LogP contribution in [-0.2, 0) is 0 Å².